The van der Waals surface area contributed by atoms with Crippen molar-refractivity contribution >= 4 is 40.4 Å². The molecule has 1 N–H and O–H groups in total. The topological polar surface area (TPSA) is 125 Å². The molecule has 0 saturated carbocycles. The van der Waals surface area contributed by atoms with E-state index in [1.807, 2.05) is 25.1 Å². The maximum atomic E-state index is 12.6. The highest BCUT2D eigenvalue weighted by atomic mass is 32.2. The van der Waals surface area contributed by atoms with Crippen LogP contribution in [-0.4, -0.2) is 55.6 Å². The van der Waals surface area contributed by atoms with E-state index in [2.05, 4.69) is 14.7 Å². The number of hydrogen-bond donors (Lipinski definition) is 1. The molecule has 0 radical (unpaired) electrons. The Morgan fingerprint density at radius 1 is 1.05 bits per heavy atom. The first kappa shape index (κ1) is 27.6. The molecule has 1 heterocycles. The highest BCUT2D eigenvalue weighted by molar-refractivity contribution is 7.99. The van der Waals surface area contributed by atoms with Gasteiger partial charge in [0, 0.05) is 11.5 Å². The fourth-order valence-electron chi connectivity index (χ4n) is 3.09. The zero-order valence-electron chi connectivity index (χ0n) is 20.8. The van der Waals surface area contributed by atoms with Crippen LogP contribution >= 0.6 is 23.3 Å². The number of nitrogens with zero attached hydrogens (tertiary/aromatic N) is 3. The molecule has 12 heteroatoms. The van der Waals surface area contributed by atoms with Gasteiger partial charge in [0.15, 0.2) is 23.0 Å². The number of ether oxygens (including phenoxy) is 5. The number of hydrogen-bond acceptors (Lipinski definition) is 11. The van der Waals surface area contributed by atoms with Gasteiger partial charge in [0.25, 0.3) is 5.91 Å². The predicted molar refractivity (Wildman–Crippen MR) is 142 cm³/mol. The first-order valence-electron chi connectivity index (χ1n) is 11.1. The van der Waals surface area contributed by atoms with Gasteiger partial charge in [0.1, 0.15) is 24.9 Å². The maximum absolute atomic E-state index is 12.6. The number of aromatic nitrogens is 2. The van der Waals surface area contributed by atoms with Crippen LogP contribution in [0.4, 0.5) is 5.13 Å². The summed E-state index contributed by atoms with van der Waals surface area (Å²) in [6.45, 7) is 2.43. The molecule has 0 aliphatic rings. The van der Waals surface area contributed by atoms with Crippen LogP contribution in [0.5, 0.6) is 28.7 Å². The van der Waals surface area contributed by atoms with E-state index in [1.165, 1.54) is 32.1 Å². The number of benzene rings is 2. The van der Waals surface area contributed by atoms with Crippen molar-refractivity contribution in [2.24, 2.45) is 0 Å². The number of rotatable bonds is 13. The van der Waals surface area contributed by atoms with Gasteiger partial charge in [-0.2, -0.15) is 14.6 Å². The van der Waals surface area contributed by atoms with E-state index < -0.39 is 5.91 Å². The Bertz CT molecular complexity index is 1260. The molecule has 0 saturated heterocycles. The summed E-state index contributed by atoms with van der Waals surface area (Å²) < 4.78 is 32.0. The van der Waals surface area contributed by atoms with Gasteiger partial charge in [0.2, 0.25) is 16.0 Å². The van der Waals surface area contributed by atoms with Crippen molar-refractivity contribution in [2.75, 3.05) is 45.6 Å². The Labute approximate surface area is 223 Å². The Morgan fingerprint density at radius 3 is 2.32 bits per heavy atom. The standard InChI is InChI=1S/C25H26N4O6S2/c1-5-36-25-28-24(37-29-25)27-23(30)17(15-26)12-16-13-20(32-3)22(21(14-16)33-4)35-11-10-34-19-9-7-6-8-18(19)31-2/h6-9,12-14H,5,10-11H2,1-4H3,(H,27,28,29,30). The summed E-state index contributed by atoms with van der Waals surface area (Å²) in [6.07, 6.45) is 1.43. The monoisotopic (exact) mass is 542 g/mol. The lowest BCUT2D eigenvalue weighted by atomic mass is 10.1. The van der Waals surface area contributed by atoms with Crippen LogP contribution in [0.15, 0.2) is 47.1 Å². The summed E-state index contributed by atoms with van der Waals surface area (Å²) in [5.74, 6) is 2.53. The van der Waals surface area contributed by atoms with E-state index in [-0.39, 0.29) is 18.8 Å². The van der Waals surface area contributed by atoms with Crippen LogP contribution in [-0.2, 0) is 4.79 Å². The minimum atomic E-state index is -0.599. The highest BCUT2D eigenvalue weighted by Gasteiger charge is 2.17. The lowest BCUT2D eigenvalue weighted by Gasteiger charge is -2.16. The minimum absolute atomic E-state index is 0.122. The van der Waals surface area contributed by atoms with Gasteiger partial charge in [-0.25, -0.2) is 0 Å². The summed E-state index contributed by atoms with van der Waals surface area (Å²) in [7, 11) is 4.55. The summed E-state index contributed by atoms with van der Waals surface area (Å²) in [6, 6.07) is 12.5. The van der Waals surface area contributed by atoms with Crippen molar-refractivity contribution in [2.45, 2.75) is 12.1 Å². The van der Waals surface area contributed by atoms with Gasteiger partial charge in [-0.3, -0.25) is 10.1 Å². The molecule has 0 bridgehead atoms. The Kier molecular flexibility index (Phi) is 10.4. The predicted octanol–water partition coefficient (Wildman–Crippen LogP) is 4.68. The van der Waals surface area contributed by atoms with Crippen molar-refractivity contribution in [1.82, 2.24) is 9.36 Å². The van der Waals surface area contributed by atoms with Crippen LogP contribution in [0.25, 0.3) is 6.08 Å². The molecule has 0 spiro atoms. The Morgan fingerprint density at radius 2 is 1.70 bits per heavy atom. The third-order valence-corrected chi connectivity index (χ3v) is 6.19. The van der Waals surface area contributed by atoms with E-state index in [9.17, 15) is 10.1 Å². The van der Waals surface area contributed by atoms with Crippen LogP contribution in [0.1, 0.15) is 12.5 Å². The second-order valence-corrected chi connectivity index (χ2v) is 9.02. The van der Waals surface area contributed by atoms with Gasteiger partial charge in [-0.15, -0.1) is 0 Å². The van der Waals surface area contributed by atoms with Gasteiger partial charge in [0.05, 0.1) is 21.3 Å². The first-order chi connectivity index (χ1) is 18.0. The van der Waals surface area contributed by atoms with Crippen LogP contribution in [0.3, 0.4) is 0 Å². The van der Waals surface area contributed by atoms with Gasteiger partial charge in [-0.1, -0.05) is 30.8 Å². The molecule has 3 rings (SSSR count). The number of carbonyl (C=O) groups excluding carboxylic acids is 1. The first-order valence-corrected chi connectivity index (χ1v) is 12.8. The lowest BCUT2D eigenvalue weighted by molar-refractivity contribution is -0.112. The third kappa shape index (κ3) is 7.52. The Balaban J connectivity index is 1.72. The van der Waals surface area contributed by atoms with Gasteiger partial charge < -0.3 is 23.7 Å². The second-order valence-electron chi connectivity index (χ2n) is 7.04. The molecule has 1 aromatic heterocycles. The SMILES string of the molecule is CCSc1nsc(NC(=O)C(C#N)=Cc2cc(OC)c(OCCOc3ccccc3OC)c(OC)c2)n1. The zero-order chi connectivity index (χ0) is 26.6. The average Bonchev–Trinajstić information content (AvgIpc) is 3.36. The number of anilines is 1. The molecule has 10 nitrogen and oxygen atoms in total. The third-order valence-electron chi connectivity index (χ3n) is 4.72. The highest BCUT2D eigenvalue weighted by Crippen LogP contribution is 2.39. The molecule has 0 aliphatic heterocycles. The van der Waals surface area contributed by atoms with Crippen LogP contribution in [0.2, 0.25) is 0 Å². The average molecular weight is 543 g/mol. The molecule has 2 aromatic carbocycles. The van der Waals surface area contributed by atoms with E-state index in [4.69, 9.17) is 23.7 Å². The smallest absolute Gasteiger partial charge is 0.268 e. The molecule has 1 amide bonds. The normalized spacial score (nSPS) is 10.8. The number of para-hydroxylation sites is 2. The summed E-state index contributed by atoms with van der Waals surface area (Å²) in [5, 5.41) is 13.1. The lowest BCUT2D eigenvalue weighted by Crippen LogP contribution is -2.13. The molecule has 0 fully saturated rings. The maximum Gasteiger partial charge on any atom is 0.268 e. The summed E-state index contributed by atoms with van der Waals surface area (Å²) in [4.78, 5) is 16.9. The van der Waals surface area contributed by atoms with E-state index in [0.29, 0.717) is 44.6 Å². The molecule has 37 heavy (non-hydrogen) atoms. The van der Waals surface area contributed by atoms with Crippen molar-refractivity contribution in [3.05, 3.63) is 47.5 Å². The number of amides is 1. The van der Waals surface area contributed by atoms with Gasteiger partial charge in [-0.05, 0) is 41.7 Å². The molecule has 0 aliphatic carbocycles. The molecule has 194 valence electrons. The number of thioether (sulfide) groups is 1. The molecular formula is C25H26N4O6S2. The minimum Gasteiger partial charge on any atom is -0.493 e. The van der Waals surface area contributed by atoms with Crippen molar-refractivity contribution in [1.29, 1.82) is 5.26 Å². The summed E-state index contributed by atoms with van der Waals surface area (Å²) in [5.41, 5.74) is 0.389. The van der Waals surface area contributed by atoms with Crippen molar-refractivity contribution in [3.8, 4) is 34.8 Å². The molecule has 0 atom stereocenters. The van der Waals surface area contributed by atoms with Crippen molar-refractivity contribution in [3.63, 3.8) is 0 Å². The Hall–Kier alpha value is -3.95. The number of nitriles is 1. The van der Waals surface area contributed by atoms with Gasteiger partial charge >= 0.3 is 0 Å². The van der Waals surface area contributed by atoms with Crippen LogP contribution in [0, 0.1) is 11.3 Å². The second kappa shape index (κ2) is 14.0. The fraction of sp³-hybridized carbons (Fsp3) is 0.280. The largest absolute Gasteiger partial charge is 0.493 e. The van der Waals surface area contributed by atoms with Crippen molar-refractivity contribution < 1.29 is 28.5 Å². The van der Waals surface area contributed by atoms with E-state index >= 15 is 0 Å². The number of carbonyl (C=O) groups is 1. The fourth-order valence-corrected chi connectivity index (χ4v) is 4.35. The number of methoxy groups -OCH3 is 3. The zero-order valence-corrected chi connectivity index (χ0v) is 22.4. The van der Waals surface area contributed by atoms with Crippen LogP contribution < -0.4 is 29.0 Å². The van der Waals surface area contributed by atoms with E-state index in [0.717, 1.165) is 17.3 Å². The summed E-state index contributed by atoms with van der Waals surface area (Å²) >= 11 is 2.51. The molecule has 0 unspecified atom stereocenters. The molecule has 3 aromatic rings. The quantitative estimate of drug-likeness (QED) is 0.141. The van der Waals surface area contributed by atoms with E-state index in [1.54, 1.807) is 31.4 Å². The molecular weight excluding hydrogens is 516 g/mol. The number of nitrogens with one attached hydrogen (secondary N) is 1.